The van der Waals surface area contributed by atoms with Gasteiger partial charge in [0.2, 0.25) is 11.8 Å². The van der Waals surface area contributed by atoms with Crippen molar-refractivity contribution in [1.82, 2.24) is 10.6 Å². The van der Waals surface area contributed by atoms with E-state index in [1.807, 2.05) is 31.2 Å². The molecule has 2 aliphatic carbocycles. The molecule has 0 unspecified atom stereocenters. The van der Waals surface area contributed by atoms with Gasteiger partial charge < -0.3 is 20.5 Å². The number of hydrogen-bond donors (Lipinski definition) is 3. The van der Waals surface area contributed by atoms with Crippen LogP contribution in [0.4, 0.5) is 0 Å². The maximum Gasteiger partial charge on any atom is 0.220 e. The van der Waals surface area contributed by atoms with E-state index in [0.29, 0.717) is 25.8 Å². The summed E-state index contributed by atoms with van der Waals surface area (Å²) < 4.78 is 5.17. The van der Waals surface area contributed by atoms with E-state index < -0.39 is 5.60 Å². The van der Waals surface area contributed by atoms with Crippen LogP contribution < -0.4 is 15.4 Å². The number of carbonyl (C=O) groups excluding carboxylic acids is 2. The van der Waals surface area contributed by atoms with Gasteiger partial charge in [-0.25, -0.2) is 0 Å². The van der Waals surface area contributed by atoms with Crippen LogP contribution in [0.15, 0.2) is 24.3 Å². The molecular weight excluding hydrogens is 392 g/mol. The summed E-state index contributed by atoms with van der Waals surface area (Å²) in [6, 6.07) is 7.71. The molecule has 0 aliphatic heterocycles. The molecule has 172 valence electrons. The van der Waals surface area contributed by atoms with Gasteiger partial charge in [-0.1, -0.05) is 26.0 Å². The number of methoxy groups -OCH3 is 1. The van der Waals surface area contributed by atoms with Crippen molar-refractivity contribution in [3.8, 4) is 5.75 Å². The summed E-state index contributed by atoms with van der Waals surface area (Å²) in [6.45, 7) is 8.43. The zero-order valence-corrected chi connectivity index (χ0v) is 19.6. The summed E-state index contributed by atoms with van der Waals surface area (Å²) in [6.07, 6.45) is 4.25. The minimum absolute atomic E-state index is 0.00288. The van der Waals surface area contributed by atoms with Crippen molar-refractivity contribution >= 4 is 11.8 Å². The number of rotatable bonds is 7. The Morgan fingerprint density at radius 2 is 1.81 bits per heavy atom. The first-order chi connectivity index (χ1) is 14.5. The molecule has 0 spiro atoms. The first kappa shape index (κ1) is 23.6. The highest BCUT2D eigenvalue weighted by Crippen LogP contribution is 2.63. The van der Waals surface area contributed by atoms with E-state index in [1.165, 1.54) is 0 Å². The summed E-state index contributed by atoms with van der Waals surface area (Å²) in [4.78, 5) is 24.7. The first-order valence-electron chi connectivity index (χ1n) is 11.4. The van der Waals surface area contributed by atoms with Crippen molar-refractivity contribution < 1.29 is 19.4 Å². The van der Waals surface area contributed by atoms with Gasteiger partial charge in [0, 0.05) is 25.9 Å². The van der Waals surface area contributed by atoms with E-state index in [-0.39, 0.29) is 34.6 Å². The zero-order chi connectivity index (χ0) is 22.9. The lowest BCUT2D eigenvalue weighted by atomic mass is 9.57. The molecule has 2 fully saturated rings. The van der Waals surface area contributed by atoms with Crippen LogP contribution in [0.25, 0.3) is 0 Å². The Bertz CT molecular complexity index is 802. The third-order valence-corrected chi connectivity index (χ3v) is 7.68. The fourth-order valence-electron chi connectivity index (χ4n) is 6.06. The van der Waals surface area contributed by atoms with Crippen LogP contribution in [0.2, 0.25) is 0 Å². The molecule has 3 N–H and O–H groups in total. The Morgan fingerprint density at radius 1 is 1.13 bits per heavy atom. The van der Waals surface area contributed by atoms with Crippen molar-refractivity contribution in [3.63, 3.8) is 0 Å². The highest BCUT2D eigenvalue weighted by Gasteiger charge is 2.61. The maximum absolute atomic E-state index is 12.7. The molecule has 6 heteroatoms. The van der Waals surface area contributed by atoms with Crippen LogP contribution in [0.1, 0.15) is 71.8 Å². The van der Waals surface area contributed by atoms with Gasteiger partial charge in [-0.2, -0.15) is 0 Å². The smallest absolute Gasteiger partial charge is 0.220 e. The molecule has 0 saturated heterocycles. The minimum atomic E-state index is -0.687. The van der Waals surface area contributed by atoms with Gasteiger partial charge >= 0.3 is 0 Å². The molecule has 3 rings (SSSR count). The van der Waals surface area contributed by atoms with E-state index in [0.717, 1.165) is 30.6 Å². The molecule has 2 saturated carbocycles. The van der Waals surface area contributed by atoms with Crippen molar-refractivity contribution in [2.45, 2.75) is 84.4 Å². The number of amides is 2. The number of benzene rings is 1. The molecule has 0 aromatic heterocycles. The highest BCUT2D eigenvalue weighted by atomic mass is 16.5. The lowest BCUT2D eigenvalue weighted by Crippen LogP contribution is -2.52. The van der Waals surface area contributed by atoms with E-state index in [1.54, 1.807) is 14.0 Å². The lowest BCUT2D eigenvalue weighted by molar-refractivity contribution is -0.124. The van der Waals surface area contributed by atoms with E-state index >= 15 is 0 Å². The Kier molecular flexibility index (Phi) is 6.70. The van der Waals surface area contributed by atoms with Gasteiger partial charge in [0.05, 0.1) is 12.7 Å². The van der Waals surface area contributed by atoms with Crippen LogP contribution in [0.5, 0.6) is 5.75 Å². The fraction of sp³-hybridized carbons (Fsp3) is 0.680. The molecular formula is C25H38N2O4. The molecule has 4 atom stereocenters. The first-order valence-corrected chi connectivity index (χ1v) is 11.4. The average Bonchev–Trinajstić information content (AvgIpc) is 2.90. The van der Waals surface area contributed by atoms with Gasteiger partial charge in [-0.3, -0.25) is 9.59 Å². The summed E-state index contributed by atoms with van der Waals surface area (Å²) in [5, 5.41) is 17.0. The molecule has 6 nitrogen and oxygen atoms in total. The largest absolute Gasteiger partial charge is 0.497 e. The van der Waals surface area contributed by atoms with Gasteiger partial charge in [0.1, 0.15) is 5.75 Å². The van der Waals surface area contributed by atoms with Crippen LogP contribution in [0, 0.1) is 16.7 Å². The number of nitrogens with one attached hydrogen (secondary N) is 2. The molecule has 0 bridgehead atoms. The van der Waals surface area contributed by atoms with Crippen LogP contribution in [-0.2, 0) is 16.1 Å². The Morgan fingerprint density at radius 3 is 2.42 bits per heavy atom. The van der Waals surface area contributed by atoms with Gasteiger partial charge in [0.15, 0.2) is 0 Å². The normalized spacial score (nSPS) is 31.5. The monoisotopic (exact) mass is 430 g/mol. The zero-order valence-electron chi connectivity index (χ0n) is 19.6. The number of hydrogen-bond acceptors (Lipinski definition) is 4. The van der Waals surface area contributed by atoms with Gasteiger partial charge in [-0.15, -0.1) is 0 Å². The fourth-order valence-corrected chi connectivity index (χ4v) is 6.06. The van der Waals surface area contributed by atoms with Crippen molar-refractivity contribution in [1.29, 1.82) is 0 Å². The summed E-state index contributed by atoms with van der Waals surface area (Å²) in [5.74, 6) is 1.05. The maximum atomic E-state index is 12.7. The average molecular weight is 431 g/mol. The molecule has 2 amide bonds. The highest BCUT2D eigenvalue weighted by molar-refractivity contribution is 5.76. The predicted molar refractivity (Wildman–Crippen MR) is 120 cm³/mol. The molecule has 1 aromatic rings. The summed E-state index contributed by atoms with van der Waals surface area (Å²) in [7, 11) is 1.63. The van der Waals surface area contributed by atoms with E-state index in [2.05, 4.69) is 24.5 Å². The Hall–Kier alpha value is -2.08. The van der Waals surface area contributed by atoms with Crippen LogP contribution in [-0.4, -0.2) is 35.7 Å². The third kappa shape index (κ3) is 5.22. The van der Waals surface area contributed by atoms with E-state index in [9.17, 15) is 14.7 Å². The molecule has 2 aliphatic rings. The molecule has 31 heavy (non-hydrogen) atoms. The second-order valence-corrected chi connectivity index (χ2v) is 10.6. The number of aliphatic hydroxyl groups is 1. The van der Waals surface area contributed by atoms with E-state index in [4.69, 9.17) is 4.74 Å². The van der Waals surface area contributed by atoms with Crippen molar-refractivity contribution in [3.05, 3.63) is 29.8 Å². The second kappa shape index (κ2) is 8.81. The third-order valence-electron chi connectivity index (χ3n) is 7.68. The van der Waals surface area contributed by atoms with Crippen LogP contribution >= 0.6 is 0 Å². The molecule has 1 aromatic carbocycles. The van der Waals surface area contributed by atoms with Crippen molar-refractivity contribution in [2.24, 2.45) is 16.7 Å². The second-order valence-electron chi connectivity index (χ2n) is 10.6. The predicted octanol–water partition coefficient (Wildman–Crippen LogP) is 3.56. The topological polar surface area (TPSA) is 87.7 Å². The van der Waals surface area contributed by atoms with Crippen LogP contribution in [0.3, 0.4) is 0 Å². The molecule has 0 radical (unpaired) electrons. The van der Waals surface area contributed by atoms with Crippen molar-refractivity contribution in [2.75, 3.05) is 7.11 Å². The summed E-state index contributed by atoms with van der Waals surface area (Å²) in [5.41, 5.74) is 0.177. The number of carbonyl (C=O) groups is 2. The quantitative estimate of drug-likeness (QED) is 0.617. The minimum Gasteiger partial charge on any atom is -0.497 e. The Balaban J connectivity index is 1.69. The van der Waals surface area contributed by atoms with Gasteiger partial charge in [0.25, 0.3) is 0 Å². The molecule has 0 heterocycles. The SMILES string of the molecule is COc1ccc(CNC(=O)CC[C@]23CC[C@](C)(O)C[C@@H]2C(C)(C)C[C@H]3NC(C)=O)cc1. The summed E-state index contributed by atoms with van der Waals surface area (Å²) >= 11 is 0. The standard InChI is InChI=1S/C25H38N2O4/c1-17(28)27-21-15-23(2,3)20-14-24(4,30)12-13-25(20,21)11-10-22(29)26-16-18-6-8-19(31-5)9-7-18/h6-9,20-21,30H,10-16H2,1-5H3,(H,26,29)(H,27,28)/t20-,21-,24+,25+/m1/s1. The Labute approximate surface area is 186 Å². The lowest BCUT2D eigenvalue weighted by Gasteiger charge is -2.50. The number of ether oxygens (including phenoxy) is 1. The van der Waals surface area contributed by atoms with Gasteiger partial charge in [-0.05, 0) is 73.5 Å². The number of fused-ring (bicyclic) bond motifs is 1.